The maximum absolute atomic E-state index is 7.58. The molecule has 0 spiro atoms. The van der Waals surface area contributed by atoms with E-state index in [0.717, 1.165) is 32.0 Å². The minimum absolute atomic E-state index is 0.0474. The number of anilines is 1. The Bertz CT molecular complexity index is 422. The standard InChI is InChI=1S/C12H20N6/c1-9(2)17-5-7-18(8-6-17)12-10(11(13)14)3-4-15-16-12/h3-4,9H,5-8H2,1-2H3,(H3,13,14). The zero-order chi connectivity index (χ0) is 13.1. The van der Waals surface area contributed by atoms with Crippen molar-refractivity contribution < 1.29 is 0 Å². The molecule has 18 heavy (non-hydrogen) atoms. The second-order valence-electron chi connectivity index (χ2n) is 4.80. The van der Waals surface area contributed by atoms with Crippen LogP contribution in [0.5, 0.6) is 0 Å². The van der Waals surface area contributed by atoms with Crippen LogP contribution >= 0.6 is 0 Å². The number of hydrogen-bond acceptors (Lipinski definition) is 5. The minimum atomic E-state index is 0.0474. The highest BCUT2D eigenvalue weighted by atomic mass is 15.3. The third-order valence-corrected chi connectivity index (χ3v) is 3.34. The molecule has 1 aromatic rings. The van der Waals surface area contributed by atoms with E-state index in [1.807, 2.05) is 0 Å². The predicted octanol–water partition coefficient (Wildman–Crippen LogP) is 0.291. The van der Waals surface area contributed by atoms with Crippen molar-refractivity contribution in [2.45, 2.75) is 19.9 Å². The van der Waals surface area contributed by atoms with Crippen molar-refractivity contribution in [3.8, 4) is 0 Å². The maximum atomic E-state index is 7.58. The average Bonchev–Trinajstić information content (AvgIpc) is 2.39. The Balaban J connectivity index is 2.12. The molecule has 1 saturated heterocycles. The summed E-state index contributed by atoms with van der Waals surface area (Å²) in [5, 5.41) is 15.6. The van der Waals surface area contributed by atoms with Crippen LogP contribution in [0.3, 0.4) is 0 Å². The van der Waals surface area contributed by atoms with E-state index < -0.39 is 0 Å². The molecule has 6 nitrogen and oxygen atoms in total. The molecule has 0 bridgehead atoms. The van der Waals surface area contributed by atoms with Crippen LogP contribution in [-0.4, -0.2) is 53.2 Å². The first-order valence-corrected chi connectivity index (χ1v) is 6.24. The molecule has 1 aromatic heterocycles. The lowest BCUT2D eigenvalue weighted by Crippen LogP contribution is -2.49. The number of rotatable bonds is 3. The first-order chi connectivity index (χ1) is 8.59. The molecule has 1 fully saturated rings. The van der Waals surface area contributed by atoms with Crippen LogP contribution in [0.4, 0.5) is 5.82 Å². The molecule has 0 amide bonds. The van der Waals surface area contributed by atoms with E-state index in [1.54, 1.807) is 12.3 Å². The van der Waals surface area contributed by atoms with Gasteiger partial charge in [0.15, 0.2) is 5.82 Å². The van der Waals surface area contributed by atoms with Gasteiger partial charge in [0.05, 0.1) is 11.8 Å². The Morgan fingerprint density at radius 1 is 1.33 bits per heavy atom. The lowest BCUT2D eigenvalue weighted by Gasteiger charge is -2.37. The quantitative estimate of drug-likeness (QED) is 0.593. The van der Waals surface area contributed by atoms with Crippen LogP contribution in [0.2, 0.25) is 0 Å². The van der Waals surface area contributed by atoms with E-state index in [1.165, 1.54) is 0 Å². The molecular formula is C12H20N6. The van der Waals surface area contributed by atoms with Crippen molar-refractivity contribution in [2.75, 3.05) is 31.1 Å². The SMILES string of the molecule is CC(C)N1CCN(c2nnccc2C(=N)N)CC1. The van der Waals surface area contributed by atoms with E-state index in [-0.39, 0.29) is 5.84 Å². The fourth-order valence-electron chi connectivity index (χ4n) is 2.22. The van der Waals surface area contributed by atoms with Crippen molar-refractivity contribution >= 4 is 11.7 Å². The fraction of sp³-hybridized carbons (Fsp3) is 0.583. The first kappa shape index (κ1) is 12.8. The highest BCUT2D eigenvalue weighted by Crippen LogP contribution is 2.18. The molecule has 0 unspecified atom stereocenters. The average molecular weight is 248 g/mol. The number of piperazine rings is 1. The van der Waals surface area contributed by atoms with Gasteiger partial charge in [-0.1, -0.05) is 0 Å². The highest BCUT2D eigenvalue weighted by molar-refractivity contribution is 5.99. The summed E-state index contributed by atoms with van der Waals surface area (Å²) in [7, 11) is 0. The highest BCUT2D eigenvalue weighted by Gasteiger charge is 2.22. The minimum Gasteiger partial charge on any atom is -0.384 e. The van der Waals surface area contributed by atoms with E-state index >= 15 is 0 Å². The molecule has 6 heteroatoms. The molecule has 2 heterocycles. The molecule has 0 radical (unpaired) electrons. The maximum Gasteiger partial charge on any atom is 0.162 e. The Morgan fingerprint density at radius 3 is 2.56 bits per heavy atom. The van der Waals surface area contributed by atoms with E-state index in [4.69, 9.17) is 11.1 Å². The van der Waals surface area contributed by atoms with Crippen molar-refractivity contribution in [2.24, 2.45) is 5.73 Å². The summed E-state index contributed by atoms with van der Waals surface area (Å²) in [6, 6.07) is 2.32. The van der Waals surface area contributed by atoms with Crippen molar-refractivity contribution in [1.29, 1.82) is 5.41 Å². The van der Waals surface area contributed by atoms with Crippen LogP contribution in [-0.2, 0) is 0 Å². The molecule has 2 rings (SSSR count). The third kappa shape index (κ3) is 2.59. The van der Waals surface area contributed by atoms with Gasteiger partial charge in [0.1, 0.15) is 5.84 Å². The number of nitrogens with two attached hydrogens (primary N) is 1. The molecule has 1 aliphatic rings. The molecule has 0 aliphatic carbocycles. The normalized spacial score (nSPS) is 17.2. The van der Waals surface area contributed by atoms with Gasteiger partial charge < -0.3 is 10.6 Å². The Kier molecular flexibility index (Phi) is 3.76. The zero-order valence-electron chi connectivity index (χ0n) is 10.9. The van der Waals surface area contributed by atoms with Crippen LogP contribution in [0.1, 0.15) is 19.4 Å². The smallest absolute Gasteiger partial charge is 0.162 e. The summed E-state index contributed by atoms with van der Waals surface area (Å²) < 4.78 is 0. The molecule has 1 aliphatic heterocycles. The molecule has 0 atom stereocenters. The second-order valence-corrected chi connectivity index (χ2v) is 4.80. The summed E-state index contributed by atoms with van der Waals surface area (Å²) in [4.78, 5) is 4.59. The van der Waals surface area contributed by atoms with Gasteiger partial charge in [-0.25, -0.2) is 0 Å². The van der Waals surface area contributed by atoms with Gasteiger partial charge in [-0.2, -0.15) is 5.10 Å². The molecule has 3 N–H and O–H groups in total. The second kappa shape index (κ2) is 5.30. The van der Waals surface area contributed by atoms with E-state index in [0.29, 0.717) is 11.6 Å². The zero-order valence-corrected chi connectivity index (χ0v) is 10.9. The van der Waals surface area contributed by atoms with Gasteiger partial charge in [-0.3, -0.25) is 10.3 Å². The fourth-order valence-corrected chi connectivity index (χ4v) is 2.22. The predicted molar refractivity (Wildman–Crippen MR) is 72.0 cm³/mol. The van der Waals surface area contributed by atoms with Crippen LogP contribution in [0.15, 0.2) is 12.3 Å². The van der Waals surface area contributed by atoms with Crippen molar-refractivity contribution in [1.82, 2.24) is 15.1 Å². The number of amidine groups is 1. The summed E-state index contributed by atoms with van der Waals surface area (Å²) in [5.74, 6) is 0.777. The number of hydrogen-bond donors (Lipinski definition) is 2. The lowest BCUT2D eigenvalue weighted by atomic mass is 10.2. The summed E-state index contributed by atoms with van der Waals surface area (Å²) in [5.41, 5.74) is 6.24. The van der Waals surface area contributed by atoms with Gasteiger partial charge in [-0.05, 0) is 19.9 Å². The number of aromatic nitrogens is 2. The van der Waals surface area contributed by atoms with Gasteiger partial charge >= 0.3 is 0 Å². The van der Waals surface area contributed by atoms with Gasteiger partial charge in [-0.15, -0.1) is 5.10 Å². The summed E-state index contributed by atoms with van der Waals surface area (Å²) in [6.07, 6.45) is 1.57. The number of nitrogens with zero attached hydrogens (tertiary/aromatic N) is 4. The number of nitrogens with one attached hydrogen (secondary N) is 1. The summed E-state index contributed by atoms with van der Waals surface area (Å²) >= 11 is 0. The van der Waals surface area contributed by atoms with Crippen molar-refractivity contribution in [3.05, 3.63) is 17.8 Å². The monoisotopic (exact) mass is 248 g/mol. The van der Waals surface area contributed by atoms with Gasteiger partial charge in [0.25, 0.3) is 0 Å². The lowest BCUT2D eigenvalue weighted by molar-refractivity contribution is 0.209. The summed E-state index contributed by atoms with van der Waals surface area (Å²) in [6.45, 7) is 8.23. The topological polar surface area (TPSA) is 82.1 Å². The van der Waals surface area contributed by atoms with Crippen LogP contribution in [0.25, 0.3) is 0 Å². The van der Waals surface area contributed by atoms with Crippen molar-refractivity contribution in [3.63, 3.8) is 0 Å². The Labute approximate surface area is 107 Å². The van der Waals surface area contributed by atoms with Crippen LogP contribution in [0, 0.1) is 5.41 Å². The van der Waals surface area contributed by atoms with E-state index in [9.17, 15) is 0 Å². The Morgan fingerprint density at radius 2 is 2.00 bits per heavy atom. The third-order valence-electron chi connectivity index (χ3n) is 3.34. The van der Waals surface area contributed by atoms with Gasteiger partial charge in [0, 0.05) is 32.2 Å². The first-order valence-electron chi connectivity index (χ1n) is 6.24. The number of nitrogen functional groups attached to an aromatic ring is 1. The largest absolute Gasteiger partial charge is 0.384 e. The Hall–Kier alpha value is -1.69. The molecule has 0 aromatic carbocycles. The van der Waals surface area contributed by atoms with E-state index in [2.05, 4.69) is 33.8 Å². The molecule has 0 saturated carbocycles. The molecular weight excluding hydrogens is 228 g/mol. The van der Waals surface area contributed by atoms with Crippen LogP contribution < -0.4 is 10.6 Å². The van der Waals surface area contributed by atoms with Gasteiger partial charge in [0.2, 0.25) is 0 Å². The molecule has 98 valence electrons.